The molecule has 2 heterocycles. The number of aromatic nitrogens is 2. The van der Waals surface area contributed by atoms with Gasteiger partial charge in [-0.15, -0.1) is 0 Å². The van der Waals surface area contributed by atoms with E-state index >= 15 is 0 Å². The summed E-state index contributed by atoms with van der Waals surface area (Å²) >= 11 is 5.92. The lowest BCUT2D eigenvalue weighted by Crippen LogP contribution is -2.39. The predicted octanol–water partition coefficient (Wildman–Crippen LogP) is 1.69. The minimum absolute atomic E-state index is 0.0109. The van der Waals surface area contributed by atoms with Crippen molar-refractivity contribution < 1.29 is 9.59 Å². The van der Waals surface area contributed by atoms with Gasteiger partial charge in [0.15, 0.2) is 0 Å². The van der Waals surface area contributed by atoms with Gasteiger partial charge in [0.25, 0.3) is 0 Å². The molecule has 2 aromatic rings. The average Bonchev–Trinajstić information content (AvgIpc) is 3.10. The molecule has 120 valence electrons. The number of likely N-dealkylation sites (N-methyl/N-ethyl adjacent to an activating group) is 1. The van der Waals surface area contributed by atoms with E-state index in [0.29, 0.717) is 11.4 Å². The molecule has 0 bridgehead atoms. The van der Waals surface area contributed by atoms with Gasteiger partial charge in [0.1, 0.15) is 0 Å². The molecule has 0 spiro atoms. The number of nitrogens with zero attached hydrogens (tertiary/aromatic N) is 2. The summed E-state index contributed by atoms with van der Waals surface area (Å²) < 4.78 is 0. The smallest absolute Gasteiger partial charge is 0.226 e. The topological polar surface area (TPSA) is 78.1 Å². The van der Waals surface area contributed by atoms with Gasteiger partial charge in [0.05, 0.1) is 18.5 Å². The minimum atomic E-state index is -0.260. The lowest BCUT2D eigenvalue weighted by Gasteiger charge is -2.26. The van der Waals surface area contributed by atoms with Crippen LogP contribution in [0, 0.1) is 0 Å². The average molecular weight is 333 g/mol. The van der Waals surface area contributed by atoms with Gasteiger partial charge in [-0.05, 0) is 23.8 Å². The fourth-order valence-electron chi connectivity index (χ4n) is 2.93. The van der Waals surface area contributed by atoms with E-state index in [0.717, 1.165) is 11.3 Å². The normalized spacial score (nSPS) is 20.8. The Balaban J connectivity index is 1.75. The number of amides is 2. The Bertz CT molecular complexity index is 699. The van der Waals surface area contributed by atoms with E-state index in [1.165, 1.54) is 0 Å². The monoisotopic (exact) mass is 332 g/mol. The number of aromatic amines is 1. The maximum atomic E-state index is 12.2. The molecule has 1 aliphatic rings. The first-order valence-electron chi connectivity index (χ1n) is 7.33. The molecule has 0 aliphatic carbocycles. The minimum Gasteiger partial charge on any atom is -0.350 e. The summed E-state index contributed by atoms with van der Waals surface area (Å²) in [7, 11) is 1.75. The van der Waals surface area contributed by atoms with Crippen LogP contribution in [0.2, 0.25) is 5.02 Å². The number of hydrogen-bond acceptors (Lipinski definition) is 3. The van der Waals surface area contributed by atoms with E-state index < -0.39 is 0 Å². The highest BCUT2D eigenvalue weighted by atomic mass is 35.5. The van der Waals surface area contributed by atoms with Crippen LogP contribution in [0.15, 0.2) is 36.5 Å². The molecular formula is C16H17ClN4O2. The van der Waals surface area contributed by atoms with Crippen LogP contribution in [0.25, 0.3) is 0 Å². The van der Waals surface area contributed by atoms with Gasteiger partial charge in [-0.1, -0.05) is 23.7 Å². The first-order valence-corrected chi connectivity index (χ1v) is 7.71. The zero-order chi connectivity index (χ0) is 16.4. The van der Waals surface area contributed by atoms with Crippen molar-refractivity contribution in [3.63, 3.8) is 0 Å². The van der Waals surface area contributed by atoms with Crippen LogP contribution in [0.5, 0.6) is 0 Å². The Kier molecular flexibility index (Phi) is 4.34. The van der Waals surface area contributed by atoms with E-state index in [9.17, 15) is 9.59 Å². The van der Waals surface area contributed by atoms with Crippen LogP contribution in [0.3, 0.4) is 0 Å². The van der Waals surface area contributed by atoms with Crippen molar-refractivity contribution in [3.05, 3.63) is 52.8 Å². The molecule has 2 atom stereocenters. The number of carbonyl (C=O) groups is 2. The molecule has 1 aromatic heterocycles. The van der Waals surface area contributed by atoms with Gasteiger partial charge >= 0.3 is 0 Å². The molecule has 2 amide bonds. The second-order valence-electron chi connectivity index (χ2n) is 5.64. The second kappa shape index (κ2) is 6.42. The van der Waals surface area contributed by atoms with Crippen LogP contribution < -0.4 is 5.32 Å². The summed E-state index contributed by atoms with van der Waals surface area (Å²) in [4.78, 5) is 25.9. The highest BCUT2D eigenvalue weighted by Crippen LogP contribution is 2.32. The molecule has 1 aromatic carbocycles. The predicted molar refractivity (Wildman–Crippen MR) is 85.8 cm³/mol. The van der Waals surface area contributed by atoms with Gasteiger partial charge in [0.2, 0.25) is 11.8 Å². The number of halogens is 1. The van der Waals surface area contributed by atoms with Crippen LogP contribution in [-0.4, -0.2) is 40.0 Å². The zero-order valence-corrected chi connectivity index (χ0v) is 13.4. The van der Waals surface area contributed by atoms with Gasteiger partial charge in [-0.2, -0.15) is 5.10 Å². The number of benzene rings is 1. The number of carbonyl (C=O) groups excluding carboxylic acids is 2. The molecule has 2 N–H and O–H groups in total. The van der Waals surface area contributed by atoms with Crippen LogP contribution in [0.1, 0.15) is 23.7 Å². The summed E-state index contributed by atoms with van der Waals surface area (Å²) in [5, 5.41) is 10.2. The molecule has 6 nitrogen and oxygen atoms in total. The molecule has 0 saturated carbocycles. The number of H-pyrrole nitrogens is 1. The highest BCUT2D eigenvalue weighted by molar-refractivity contribution is 6.30. The summed E-state index contributed by atoms with van der Waals surface area (Å²) in [6.45, 7) is 0. The fourth-order valence-corrected chi connectivity index (χ4v) is 3.05. The third-order valence-corrected chi connectivity index (χ3v) is 4.31. The van der Waals surface area contributed by atoms with Crippen molar-refractivity contribution in [3.8, 4) is 0 Å². The van der Waals surface area contributed by atoms with Crippen molar-refractivity contribution in [2.24, 2.45) is 0 Å². The molecule has 1 aliphatic heterocycles. The standard InChI is InChI=1S/C16H17ClN4O2/c1-21-15(23)9-13(16(21)10-2-4-11(17)5-3-10)19-14(22)8-12-6-7-18-20-12/h2-7,13,16H,8-9H2,1H3,(H,18,20)(H,19,22)/t13-,16+/m0/s1. The summed E-state index contributed by atoms with van der Waals surface area (Å²) in [6.07, 6.45) is 2.10. The van der Waals surface area contributed by atoms with Crippen molar-refractivity contribution in [2.45, 2.75) is 24.9 Å². The Morgan fingerprint density at radius 2 is 2.13 bits per heavy atom. The van der Waals surface area contributed by atoms with E-state index in [2.05, 4.69) is 15.5 Å². The van der Waals surface area contributed by atoms with Crippen LogP contribution in [0.4, 0.5) is 0 Å². The van der Waals surface area contributed by atoms with Gasteiger partial charge in [-0.25, -0.2) is 0 Å². The number of nitrogens with one attached hydrogen (secondary N) is 2. The Labute approximate surface area is 138 Å². The Morgan fingerprint density at radius 1 is 1.39 bits per heavy atom. The van der Waals surface area contributed by atoms with Crippen LogP contribution in [-0.2, 0) is 16.0 Å². The maximum Gasteiger partial charge on any atom is 0.226 e. The summed E-state index contributed by atoms with van der Waals surface area (Å²) in [5.74, 6) is -0.127. The molecule has 0 unspecified atom stereocenters. The Hall–Kier alpha value is -2.34. The van der Waals surface area contributed by atoms with Crippen molar-refractivity contribution in [1.29, 1.82) is 0 Å². The van der Waals surface area contributed by atoms with Crippen molar-refractivity contribution in [1.82, 2.24) is 20.4 Å². The van der Waals surface area contributed by atoms with Crippen LogP contribution >= 0.6 is 11.6 Å². The lowest BCUT2D eigenvalue weighted by atomic mass is 10.00. The Morgan fingerprint density at radius 3 is 2.78 bits per heavy atom. The van der Waals surface area contributed by atoms with Gasteiger partial charge in [0, 0.05) is 30.4 Å². The van der Waals surface area contributed by atoms with Gasteiger partial charge in [-0.3, -0.25) is 14.7 Å². The first-order chi connectivity index (χ1) is 11.0. The fraction of sp³-hybridized carbons (Fsp3) is 0.312. The number of rotatable bonds is 4. The lowest BCUT2D eigenvalue weighted by molar-refractivity contribution is -0.127. The van der Waals surface area contributed by atoms with E-state index in [4.69, 9.17) is 11.6 Å². The quantitative estimate of drug-likeness (QED) is 0.894. The highest BCUT2D eigenvalue weighted by Gasteiger charge is 2.39. The molecule has 3 rings (SSSR count). The molecule has 23 heavy (non-hydrogen) atoms. The van der Waals surface area contributed by atoms with Gasteiger partial charge < -0.3 is 10.2 Å². The molecule has 7 heteroatoms. The molecule has 0 radical (unpaired) electrons. The molecular weight excluding hydrogens is 316 g/mol. The number of hydrogen-bond donors (Lipinski definition) is 2. The largest absolute Gasteiger partial charge is 0.350 e. The maximum absolute atomic E-state index is 12.2. The van der Waals surface area contributed by atoms with Crippen molar-refractivity contribution in [2.75, 3.05) is 7.05 Å². The molecule has 1 saturated heterocycles. The van der Waals surface area contributed by atoms with E-state index in [1.807, 2.05) is 12.1 Å². The SMILES string of the molecule is CN1C(=O)C[C@H](NC(=O)Cc2ccn[nH]2)[C@H]1c1ccc(Cl)cc1. The van der Waals surface area contributed by atoms with Crippen molar-refractivity contribution >= 4 is 23.4 Å². The summed E-state index contributed by atoms with van der Waals surface area (Å²) in [5.41, 5.74) is 1.69. The first kappa shape index (κ1) is 15.6. The van der Waals surface area contributed by atoms with E-state index in [-0.39, 0.29) is 30.3 Å². The zero-order valence-electron chi connectivity index (χ0n) is 12.6. The second-order valence-corrected chi connectivity index (χ2v) is 6.07. The van der Waals surface area contributed by atoms with E-state index in [1.54, 1.807) is 36.3 Å². The molecule has 1 fully saturated rings. The third kappa shape index (κ3) is 3.37. The number of likely N-dealkylation sites (tertiary alicyclic amines) is 1. The third-order valence-electron chi connectivity index (χ3n) is 4.05. The summed E-state index contributed by atoms with van der Waals surface area (Å²) in [6, 6.07) is 8.65.